The van der Waals surface area contributed by atoms with Crippen LogP contribution in [0.3, 0.4) is 0 Å². The second-order valence-electron chi connectivity index (χ2n) is 2.99. The lowest BCUT2D eigenvalue weighted by Gasteiger charge is -2.04. The van der Waals surface area contributed by atoms with Crippen molar-refractivity contribution in [3.8, 4) is 0 Å². The SMILES string of the molecule is C[S+]([O-])c1ccc(CCC(=O)O)cc1. The summed E-state index contributed by atoms with van der Waals surface area (Å²) in [5, 5.41) is 8.47. The molecule has 0 spiro atoms. The van der Waals surface area contributed by atoms with E-state index in [0.29, 0.717) is 6.42 Å². The molecule has 1 atom stereocenters. The maximum absolute atomic E-state index is 11.0. The molecule has 0 aliphatic carbocycles. The topological polar surface area (TPSA) is 60.4 Å². The summed E-state index contributed by atoms with van der Waals surface area (Å²) in [4.78, 5) is 11.1. The largest absolute Gasteiger partial charge is 0.612 e. The van der Waals surface area contributed by atoms with E-state index in [9.17, 15) is 9.35 Å². The molecule has 1 rings (SSSR count). The van der Waals surface area contributed by atoms with Crippen molar-refractivity contribution < 1.29 is 14.5 Å². The number of hydrogen-bond donors (Lipinski definition) is 1. The summed E-state index contributed by atoms with van der Waals surface area (Å²) in [7, 11) is 0. The van der Waals surface area contributed by atoms with Crippen LogP contribution < -0.4 is 0 Å². The molecular formula is C10H12O3S. The Morgan fingerprint density at radius 2 is 2.00 bits per heavy atom. The lowest BCUT2D eigenvalue weighted by atomic mass is 10.1. The van der Waals surface area contributed by atoms with Crippen LogP contribution >= 0.6 is 0 Å². The lowest BCUT2D eigenvalue weighted by Crippen LogP contribution is -1.99. The summed E-state index contributed by atoms with van der Waals surface area (Å²) in [6.07, 6.45) is 2.27. The van der Waals surface area contributed by atoms with Crippen LogP contribution in [0, 0.1) is 0 Å². The number of carboxylic acids is 1. The van der Waals surface area contributed by atoms with Crippen molar-refractivity contribution in [3.05, 3.63) is 29.8 Å². The first-order valence-electron chi connectivity index (χ1n) is 4.24. The van der Waals surface area contributed by atoms with Crippen LogP contribution in [0.5, 0.6) is 0 Å². The third-order valence-electron chi connectivity index (χ3n) is 1.88. The van der Waals surface area contributed by atoms with Crippen LogP contribution in [0.2, 0.25) is 0 Å². The highest BCUT2D eigenvalue weighted by molar-refractivity contribution is 7.90. The van der Waals surface area contributed by atoms with E-state index in [1.54, 1.807) is 18.4 Å². The highest BCUT2D eigenvalue weighted by atomic mass is 32.2. The van der Waals surface area contributed by atoms with Crippen molar-refractivity contribution in [2.75, 3.05) is 6.26 Å². The number of hydrogen-bond acceptors (Lipinski definition) is 2. The zero-order chi connectivity index (χ0) is 10.6. The van der Waals surface area contributed by atoms with Gasteiger partial charge in [-0.2, -0.15) is 0 Å². The smallest absolute Gasteiger partial charge is 0.303 e. The van der Waals surface area contributed by atoms with Crippen molar-refractivity contribution in [3.63, 3.8) is 0 Å². The highest BCUT2D eigenvalue weighted by Gasteiger charge is 2.04. The minimum atomic E-state index is -0.966. The van der Waals surface area contributed by atoms with E-state index < -0.39 is 17.1 Å². The molecule has 0 saturated carbocycles. The van der Waals surface area contributed by atoms with Crippen LogP contribution in [0.1, 0.15) is 12.0 Å². The average Bonchev–Trinajstić information content (AvgIpc) is 2.15. The van der Waals surface area contributed by atoms with Crippen molar-refractivity contribution in [1.29, 1.82) is 0 Å². The Kier molecular flexibility index (Phi) is 3.98. The predicted octanol–water partition coefficient (Wildman–Crippen LogP) is 1.44. The molecule has 1 aromatic rings. The van der Waals surface area contributed by atoms with Gasteiger partial charge in [0.15, 0.2) is 4.90 Å². The van der Waals surface area contributed by atoms with E-state index in [0.717, 1.165) is 10.5 Å². The van der Waals surface area contributed by atoms with Gasteiger partial charge in [-0.1, -0.05) is 12.1 Å². The third-order valence-corrected chi connectivity index (χ3v) is 2.82. The Bertz CT molecular complexity index is 306. The maximum Gasteiger partial charge on any atom is 0.303 e. The fraction of sp³-hybridized carbons (Fsp3) is 0.300. The Balaban J connectivity index is 2.59. The van der Waals surface area contributed by atoms with Gasteiger partial charge in [0.1, 0.15) is 6.26 Å². The van der Waals surface area contributed by atoms with Gasteiger partial charge < -0.3 is 9.66 Å². The minimum Gasteiger partial charge on any atom is -0.612 e. The van der Waals surface area contributed by atoms with E-state index in [4.69, 9.17) is 5.11 Å². The van der Waals surface area contributed by atoms with Gasteiger partial charge in [0.25, 0.3) is 0 Å². The number of carboxylic acid groups (broad SMARTS) is 1. The Labute approximate surface area is 85.9 Å². The summed E-state index contributed by atoms with van der Waals surface area (Å²) < 4.78 is 11.0. The van der Waals surface area contributed by atoms with Crippen molar-refractivity contribution in [2.24, 2.45) is 0 Å². The standard InChI is InChI=1S/C10H12O3S/c1-14(13)9-5-2-8(3-6-9)4-7-10(11)12/h2-3,5-6H,4,7H2,1H3,(H,11,12). The second-order valence-corrected chi connectivity index (χ2v) is 4.37. The molecule has 1 unspecified atom stereocenters. The first-order valence-corrected chi connectivity index (χ1v) is 5.79. The maximum atomic E-state index is 11.0. The summed E-state index contributed by atoms with van der Waals surface area (Å²) >= 11 is -0.966. The number of benzene rings is 1. The van der Waals surface area contributed by atoms with Crippen molar-refractivity contribution in [1.82, 2.24) is 0 Å². The molecule has 1 N–H and O–H groups in total. The molecule has 3 nitrogen and oxygen atoms in total. The fourth-order valence-electron chi connectivity index (χ4n) is 1.10. The van der Waals surface area contributed by atoms with E-state index >= 15 is 0 Å². The molecule has 0 aliphatic rings. The van der Waals surface area contributed by atoms with Gasteiger partial charge in [-0.15, -0.1) is 0 Å². The number of rotatable bonds is 4. The third kappa shape index (κ3) is 3.40. The second kappa shape index (κ2) is 5.02. The Morgan fingerprint density at radius 1 is 1.43 bits per heavy atom. The highest BCUT2D eigenvalue weighted by Crippen LogP contribution is 2.11. The normalized spacial score (nSPS) is 12.4. The predicted molar refractivity (Wildman–Crippen MR) is 54.7 cm³/mol. The first kappa shape index (κ1) is 11.1. The van der Waals surface area contributed by atoms with Gasteiger partial charge in [0.05, 0.1) is 0 Å². The molecule has 76 valence electrons. The van der Waals surface area contributed by atoms with Crippen LogP contribution in [0.25, 0.3) is 0 Å². The van der Waals surface area contributed by atoms with E-state index in [-0.39, 0.29) is 6.42 Å². The van der Waals surface area contributed by atoms with E-state index in [1.807, 2.05) is 12.1 Å². The van der Waals surface area contributed by atoms with Gasteiger partial charge in [-0.25, -0.2) is 0 Å². The molecule has 0 bridgehead atoms. The molecule has 0 amide bonds. The van der Waals surface area contributed by atoms with Crippen molar-refractivity contribution >= 4 is 17.1 Å². The summed E-state index contributed by atoms with van der Waals surface area (Å²) in [6.45, 7) is 0. The summed E-state index contributed by atoms with van der Waals surface area (Å²) in [5.41, 5.74) is 0.960. The van der Waals surface area contributed by atoms with Gasteiger partial charge in [0, 0.05) is 6.42 Å². The van der Waals surface area contributed by atoms with E-state index in [1.165, 1.54) is 0 Å². The number of carbonyl (C=O) groups is 1. The molecule has 0 radical (unpaired) electrons. The summed E-state index contributed by atoms with van der Waals surface area (Å²) in [6, 6.07) is 7.18. The average molecular weight is 212 g/mol. The fourth-order valence-corrected chi connectivity index (χ4v) is 1.62. The molecule has 0 aliphatic heterocycles. The number of aryl methyl sites for hydroxylation is 1. The minimum absolute atomic E-state index is 0.133. The zero-order valence-corrected chi connectivity index (χ0v) is 8.71. The molecule has 14 heavy (non-hydrogen) atoms. The molecule has 4 heteroatoms. The quantitative estimate of drug-likeness (QED) is 0.768. The molecule has 0 saturated heterocycles. The van der Waals surface area contributed by atoms with Crippen LogP contribution in [-0.2, 0) is 22.4 Å². The molecule has 1 aromatic carbocycles. The Morgan fingerprint density at radius 3 is 2.43 bits per heavy atom. The van der Waals surface area contributed by atoms with Crippen LogP contribution in [-0.4, -0.2) is 21.9 Å². The monoisotopic (exact) mass is 212 g/mol. The van der Waals surface area contributed by atoms with E-state index in [2.05, 4.69) is 0 Å². The molecule has 0 heterocycles. The van der Waals surface area contributed by atoms with Crippen LogP contribution in [0.15, 0.2) is 29.2 Å². The molecule has 0 fully saturated rings. The van der Waals surface area contributed by atoms with Gasteiger partial charge in [0.2, 0.25) is 0 Å². The lowest BCUT2D eigenvalue weighted by molar-refractivity contribution is -0.136. The van der Waals surface area contributed by atoms with Gasteiger partial charge >= 0.3 is 5.97 Å². The number of aliphatic carboxylic acids is 1. The Hall–Kier alpha value is -1.00. The van der Waals surface area contributed by atoms with Gasteiger partial charge in [-0.3, -0.25) is 4.79 Å². The zero-order valence-electron chi connectivity index (χ0n) is 7.90. The van der Waals surface area contributed by atoms with Crippen LogP contribution in [0.4, 0.5) is 0 Å². The van der Waals surface area contributed by atoms with Gasteiger partial charge in [-0.05, 0) is 35.3 Å². The molecular weight excluding hydrogens is 200 g/mol. The van der Waals surface area contributed by atoms with Crippen molar-refractivity contribution in [2.45, 2.75) is 17.7 Å². The first-order chi connectivity index (χ1) is 6.59. The summed E-state index contributed by atoms with van der Waals surface area (Å²) in [5.74, 6) is -0.798. The molecule has 0 aromatic heterocycles.